The molecule has 0 aliphatic carbocycles. The molecule has 0 spiro atoms. The maximum Gasteiger partial charge on any atom is 0.0641 e. The molecule has 0 saturated carbocycles. The first-order valence-electron chi connectivity index (χ1n) is 7.15. The van der Waals surface area contributed by atoms with E-state index in [2.05, 4.69) is 30.0 Å². The van der Waals surface area contributed by atoms with Crippen LogP contribution in [0.1, 0.15) is 37.8 Å². The Morgan fingerprint density at radius 3 is 2.79 bits per heavy atom. The number of hydrogen-bond acceptors (Lipinski definition) is 3. The van der Waals surface area contributed by atoms with Crippen LogP contribution in [-0.2, 0) is 0 Å². The highest BCUT2D eigenvalue weighted by Crippen LogP contribution is 2.33. The Morgan fingerprint density at radius 1 is 1.42 bits per heavy atom. The van der Waals surface area contributed by atoms with Gasteiger partial charge >= 0.3 is 0 Å². The lowest BCUT2D eigenvalue weighted by Crippen LogP contribution is -2.50. The van der Waals surface area contributed by atoms with Gasteiger partial charge in [0, 0.05) is 18.6 Å². The Kier molecular flexibility index (Phi) is 4.95. The summed E-state index contributed by atoms with van der Waals surface area (Å²) in [5.74, 6) is 0.614. The summed E-state index contributed by atoms with van der Waals surface area (Å²) in [4.78, 5) is 2.45. The van der Waals surface area contributed by atoms with Gasteiger partial charge in [0.1, 0.15) is 0 Å². The second kappa shape index (κ2) is 6.70. The zero-order valence-corrected chi connectivity index (χ0v) is 11.6. The topological polar surface area (TPSA) is 53.0 Å². The van der Waals surface area contributed by atoms with E-state index >= 15 is 0 Å². The fourth-order valence-electron chi connectivity index (χ4n) is 3.22. The third-order valence-electron chi connectivity index (χ3n) is 4.27. The van der Waals surface area contributed by atoms with Crippen LogP contribution in [0, 0.1) is 17.2 Å². The van der Waals surface area contributed by atoms with Crippen LogP contribution in [-0.4, -0.2) is 24.0 Å². The van der Waals surface area contributed by atoms with Crippen LogP contribution >= 0.6 is 0 Å². The van der Waals surface area contributed by atoms with E-state index in [0.29, 0.717) is 24.9 Å². The fourth-order valence-corrected chi connectivity index (χ4v) is 3.22. The molecule has 3 heteroatoms. The minimum absolute atomic E-state index is 0.183. The summed E-state index contributed by atoms with van der Waals surface area (Å²) in [5.41, 5.74) is 7.20. The molecule has 0 bridgehead atoms. The van der Waals surface area contributed by atoms with Gasteiger partial charge in [-0.1, -0.05) is 37.3 Å². The number of nitrogens with two attached hydrogens (primary N) is 1. The van der Waals surface area contributed by atoms with Crippen LogP contribution in [0.2, 0.25) is 0 Å². The van der Waals surface area contributed by atoms with Gasteiger partial charge in [0.25, 0.3) is 0 Å². The van der Waals surface area contributed by atoms with Crippen LogP contribution in [0.3, 0.4) is 0 Å². The molecule has 1 saturated heterocycles. The zero-order valence-electron chi connectivity index (χ0n) is 11.6. The maximum absolute atomic E-state index is 9.15. The third kappa shape index (κ3) is 3.15. The predicted octanol–water partition coefficient (Wildman–Crippen LogP) is 2.70. The van der Waals surface area contributed by atoms with Gasteiger partial charge in [-0.05, 0) is 30.9 Å². The van der Waals surface area contributed by atoms with Gasteiger partial charge in [0.15, 0.2) is 0 Å². The van der Waals surface area contributed by atoms with Crippen molar-refractivity contribution in [2.45, 2.75) is 38.3 Å². The Hall–Kier alpha value is -1.37. The first-order chi connectivity index (χ1) is 9.27. The minimum atomic E-state index is 0.183. The number of rotatable bonds is 4. The number of nitriles is 1. The summed E-state index contributed by atoms with van der Waals surface area (Å²) in [6, 6.07) is 13.3. The molecule has 0 radical (unpaired) electrons. The lowest BCUT2D eigenvalue weighted by Gasteiger charge is -2.43. The van der Waals surface area contributed by atoms with Gasteiger partial charge in [-0.25, -0.2) is 0 Å². The summed E-state index contributed by atoms with van der Waals surface area (Å²) in [5, 5.41) is 9.15. The molecular formula is C16H23N3. The number of benzene rings is 1. The molecule has 1 heterocycles. The SMILES string of the molecule is CC1CCCN(C(CC#N)c2ccccc2)C1CN. The predicted molar refractivity (Wildman–Crippen MR) is 77.4 cm³/mol. The molecule has 3 unspecified atom stereocenters. The zero-order chi connectivity index (χ0) is 13.7. The first-order valence-corrected chi connectivity index (χ1v) is 7.15. The van der Waals surface area contributed by atoms with E-state index in [4.69, 9.17) is 11.0 Å². The van der Waals surface area contributed by atoms with Crippen molar-refractivity contribution < 1.29 is 0 Å². The molecule has 0 aromatic heterocycles. The molecule has 1 aliphatic rings. The van der Waals surface area contributed by atoms with Crippen LogP contribution in [0.15, 0.2) is 30.3 Å². The third-order valence-corrected chi connectivity index (χ3v) is 4.27. The van der Waals surface area contributed by atoms with Crippen LogP contribution < -0.4 is 5.73 Å². The van der Waals surface area contributed by atoms with Crippen molar-refractivity contribution in [2.75, 3.05) is 13.1 Å². The number of likely N-dealkylation sites (tertiary alicyclic amines) is 1. The fraction of sp³-hybridized carbons (Fsp3) is 0.562. The van der Waals surface area contributed by atoms with E-state index in [1.165, 1.54) is 18.4 Å². The van der Waals surface area contributed by atoms with E-state index in [9.17, 15) is 0 Å². The Bertz CT molecular complexity index is 423. The van der Waals surface area contributed by atoms with Crippen LogP contribution in [0.25, 0.3) is 0 Å². The molecule has 1 aliphatic heterocycles. The summed E-state index contributed by atoms with van der Waals surface area (Å²) in [6.07, 6.45) is 2.98. The highest BCUT2D eigenvalue weighted by molar-refractivity contribution is 5.20. The molecule has 1 aromatic rings. The molecule has 1 fully saturated rings. The molecule has 102 valence electrons. The Morgan fingerprint density at radius 2 is 2.16 bits per heavy atom. The lowest BCUT2D eigenvalue weighted by molar-refractivity contribution is 0.0631. The van der Waals surface area contributed by atoms with Crippen molar-refractivity contribution in [1.82, 2.24) is 4.90 Å². The second-order valence-corrected chi connectivity index (χ2v) is 5.45. The van der Waals surface area contributed by atoms with Crippen molar-refractivity contribution in [2.24, 2.45) is 11.7 Å². The van der Waals surface area contributed by atoms with Gasteiger partial charge < -0.3 is 5.73 Å². The van der Waals surface area contributed by atoms with Gasteiger partial charge in [-0.3, -0.25) is 4.90 Å². The van der Waals surface area contributed by atoms with E-state index in [1.807, 2.05) is 18.2 Å². The van der Waals surface area contributed by atoms with Gasteiger partial charge in [0.05, 0.1) is 12.5 Å². The monoisotopic (exact) mass is 257 g/mol. The first kappa shape index (κ1) is 14.0. The van der Waals surface area contributed by atoms with Gasteiger partial charge in [-0.15, -0.1) is 0 Å². The molecular weight excluding hydrogens is 234 g/mol. The second-order valence-electron chi connectivity index (χ2n) is 5.45. The largest absolute Gasteiger partial charge is 0.329 e. The average Bonchev–Trinajstić information content (AvgIpc) is 2.45. The van der Waals surface area contributed by atoms with E-state index in [1.54, 1.807) is 0 Å². The molecule has 1 aromatic carbocycles. The highest BCUT2D eigenvalue weighted by Gasteiger charge is 2.32. The maximum atomic E-state index is 9.15. The lowest BCUT2D eigenvalue weighted by atomic mass is 9.87. The van der Waals surface area contributed by atoms with E-state index in [0.717, 1.165) is 6.54 Å². The Labute approximate surface area is 116 Å². The summed E-state index contributed by atoms with van der Waals surface area (Å²) in [7, 11) is 0. The van der Waals surface area contributed by atoms with Crippen molar-refractivity contribution in [3.05, 3.63) is 35.9 Å². The molecule has 19 heavy (non-hydrogen) atoms. The van der Waals surface area contributed by atoms with E-state index in [-0.39, 0.29) is 6.04 Å². The number of hydrogen-bond donors (Lipinski definition) is 1. The smallest absolute Gasteiger partial charge is 0.0641 e. The average molecular weight is 257 g/mol. The summed E-state index contributed by atoms with van der Waals surface area (Å²) in [6.45, 7) is 4.00. The minimum Gasteiger partial charge on any atom is -0.329 e. The standard InChI is InChI=1S/C16H23N3/c1-13-6-5-11-19(16(13)12-18)15(9-10-17)14-7-3-2-4-8-14/h2-4,7-8,13,15-16H,5-6,9,11-12,18H2,1H3. The molecule has 2 N–H and O–H groups in total. The highest BCUT2D eigenvalue weighted by atomic mass is 15.2. The Balaban J connectivity index is 2.25. The summed E-state index contributed by atoms with van der Waals surface area (Å²) < 4.78 is 0. The summed E-state index contributed by atoms with van der Waals surface area (Å²) >= 11 is 0. The molecule has 3 atom stereocenters. The van der Waals surface area contributed by atoms with Crippen molar-refractivity contribution >= 4 is 0 Å². The molecule has 3 nitrogen and oxygen atoms in total. The van der Waals surface area contributed by atoms with Gasteiger partial charge in [-0.2, -0.15) is 5.26 Å². The van der Waals surface area contributed by atoms with Crippen molar-refractivity contribution in [3.8, 4) is 6.07 Å². The molecule has 2 rings (SSSR count). The van der Waals surface area contributed by atoms with Crippen molar-refractivity contribution in [1.29, 1.82) is 5.26 Å². The van der Waals surface area contributed by atoms with Crippen LogP contribution in [0.5, 0.6) is 0 Å². The molecule has 0 amide bonds. The normalized spacial score (nSPS) is 25.7. The quantitative estimate of drug-likeness (QED) is 0.902. The van der Waals surface area contributed by atoms with Gasteiger partial charge in [0.2, 0.25) is 0 Å². The van der Waals surface area contributed by atoms with Crippen LogP contribution in [0.4, 0.5) is 0 Å². The number of piperidine rings is 1. The van der Waals surface area contributed by atoms with E-state index < -0.39 is 0 Å². The number of nitrogens with zero attached hydrogens (tertiary/aromatic N) is 2. The van der Waals surface area contributed by atoms with Crippen molar-refractivity contribution in [3.63, 3.8) is 0 Å².